The summed E-state index contributed by atoms with van der Waals surface area (Å²) in [7, 11) is 1.72. The van der Waals surface area contributed by atoms with E-state index < -0.39 is 0 Å². The number of fused-ring (bicyclic) bond motifs is 1. The molecule has 7 nitrogen and oxygen atoms in total. The van der Waals surface area contributed by atoms with Gasteiger partial charge in [0.1, 0.15) is 5.76 Å². The Bertz CT molecular complexity index is 953. The van der Waals surface area contributed by atoms with E-state index in [4.69, 9.17) is 4.52 Å². The third-order valence-electron chi connectivity index (χ3n) is 4.70. The van der Waals surface area contributed by atoms with E-state index in [0.29, 0.717) is 5.39 Å². The van der Waals surface area contributed by atoms with E-state index in [9.17, 15) is 4.79 Å². The van der Waals surface area contributed by atoms with Gasteiger partial charge in [-0.25, -0.2) is 4.98 Å². The van der Waals surface area contributed by atoms with Crippen LogP contribution < -0.4 is 10.5 Å². The van der Waals surface area contributed by atoms with E-state index in [1.54, 1.807) is 13.4 Å². The topological polar surface area (TPSA) is 67.4 Å². The largest absolute Gasteiger partial charge is 0.369 e. The van der Waals surface area contributed by atoms with Crippen LogP contribution in [0.2, 0.25) is 0 Å². The highest BCUT2D eigenvalue weighted by molar-refractivity contribution is 5.81. The maximum absolute atomic E-state index is 12.1. The number of nitrogens with zero attached hydrogens (tertiary/aromatic N) is 5. The summed E-state index contributed by atoms with van der Waals surface area (Å²) < 4.78 is 6.64. The molecule has 0 aliphatic carbocycles. The first kappa shape index (κ1) is 15.8. The molecule has 25 heavy (non-hydrogen) atoms. The van der Waals surface area contributed by atoms with Gasteiger partial charge in [0.15, 0.2) is 0 Å². The maximum atomic E-state index is 12.1. The summed E-state index contributed by atoms with van der Waals surface area (Å²) in [5.41, 5.74) is 2.84. The van der Waals surface area contributed by atoms with E-state index >= 15 is 0 Å². The Hall–Kier alpha value is -2.67. The van der Waals surface area contributed by atoms with Crippen LogP contribution in [0.15, 0.2) is 39.9 Å². The average Bonchev–Trinajstić information content (AvgIpc) is 3.03. The number of hydrogen-bond acceptors (Lipinski definition) is 6. The van der Waals surface area contributed by atoms with Gasteiger partial charge in [0.05, 0.1) is 22.9 Å². The Morgan fingerprint density at radius 1 is 1.16 bits per heavy atom. The second-order valence-electron chi connectivity index (χ2n) is 6.55. The second kappa shape index (κ2) is 6.33. The van der Waals surface area contributed by atoms with Crippen LogP contribution in [0.1, 0.15) is 11.5 Å². The highest BCUT2D eigenvalue weighted by atomic mass is 16.5. The van der Waals surface area contributed by atoms with Crippen molar-refractivity contribution >= 4 is 16.6 Å². The number of anilines is 1. The third-order valence-corrected chi connectivity index (χ3v) is 4.70. The fourth-order valence-electron chi connectivity index (χ4n) is 3.28. The zero-order valence-electron chi connectivity index (χ0n) is 14.5. The van der Waals surface area contributed by atoms with Crippen LogP contribution in [0.5, 0.6) is 0 Å². The van der Waals surface area contributed by atoms with Crippen molar-refractivity contribution < 1.29 is 4.52 Å². The number of piperazine rings is 1. The first-order valence-corrected chi connectivity index (χ1v) is 8.45. The molecule has 0 unspecified atom stereocenters. The fourth-order valence-corrected chi connectivity index (χ4v) is 3.28. The van der Waals surface area contributed by atoms with Gasteiger partial charge in [0.25, 0.3) is 5.56 Å². The molecular weight excluding hydrogens is 318 g/mol. The molecule has 130 valence electrons. The Labute approximate surface area is 145 Å². The number of benzene rings is 1. The van der Waals surface area contributed by atoms with Gasteiger partial charge in [-0.3, -0.25) is 9.69 Å². The third kappa shape index (κ3) is 3.15. The molecule has 1 fully saturated rings. The van der Waals surface area contributed by atoms with Crippen molar-refractivity contribution in [2.75, 3.05) is 31.1 Å². The molecule has 1 aliphatic rings. The van der Waals surface area contributed by atoms with Gasteiger partial charge in [-0.2, -0.15) is 0 Å². The van der Waals surface area contributed by atoms with Gasteiger partial charge in [0.2, 0.25) is 0 Å². The Morgan fingerprint density at radius 2 is 1.96 bits per heavy atom. The molecule has 7 heteroatoms. The fraction of sp³-hybridized carbons (Fsp3) is 0.389. The first-order chi connectivity index (χ1) is 12.1. The predicted octanol–water partition coefficient (Wildman–Crippen LogP) is 1.55. The van der Waals surface area contributed by atoms with Crippen molar-refractivity contribution in [3.8, 4) is 0 Å². The van der Waals surface area contributed by atoms with Crippen molar-refractivity contribution in [1.29, 1.82) is 0 Å². The Kier molecular flexibility index (Phi) is 4.01. The predicted molar refractivity (Wildman–Crippen MR) is 95.7 cm³/mol. The van der Waals surface area contributed by atoms with Crippen molar-refractivity contribution in [2.45, 2.75) is 13.5 Å². The molecule has 0 atom stereocenters. The van der Waals surface area contributed by atoms with Crippen LogP contribution in [0.25, 0.3) is 10.9 Å². The molecule has 1 aromatic carbocycles. The standard InChI is InChI=1S/C18H21N5O2/c1-13-9-14(20-25-13)11-22-5-7-23(8-6-22)15-3-4-16-17(10-15)19-12-21(2)18(16)24/h3-4,9-10,12H,5-8,11H2,1-2H3. The molecule has 0 saturated carbocycles. The highest BCUT2D eigenvalue weighted by Crippen LogP contribution is 2.21. The van der Waals surface area contributed by atoms with Crippen molar-refractivity contribution in [3.63, 3.8) is 0 Å². The summed E-state index contributed by atoms with van der Waals surface area (Å²) in [6, 6.07) is 7.89. The summed E-state index contributed by atoms with van der Waals surface area (Å²) in [5, 5.41) is 4.73. The number of aromatic nitrogens is 3. The van der Waals surface area contributed by atoms with Crippen molar-refractivity contribution in [1.82, 2.24) is 19.6 Å². The maximum Gasteiger partial charge on any atom is 0.260 e. The lowest BCUT2D eigenvalue weighted by atomic mass is 10.2. The van der Waals surface area contributed by atoms with Gasteiger partial charge < -0.3 is 14.0 Å². The molecule has 1 aliphatic heterocycles. The monoisotopic (exact) mass is 339 g/mol. The molecule has 3 heterocycles. The minimum atomic E-state index is -0.00993. The molecule has 3 aromatic rings. The van der Waals surface area contributed by atoms with Gasteiger partial charge in [-0.05, 0) is 25.1 Å². The highest BCUT2D eigenvalue weighted by Gasteiger charge is 2.19. The molecule has 0 radical (unpaired) electrons. The summed E-state index contributed by atoms with van der Waals surface area (Å²) in [6.45, 7) is 6.54. The van der Waals surface area contributed by atoms with Crippen LogP contribution in [-0.2, 0) is 13.6 Å². The lowest BCUT2D eigenvalue weighted by Gasteiger charge is -2.35. The van der Waals surface area contributed by atoms with Gasteiger partial charge in [-0.1, -0.05) is 5.16 Å². The minimum absolute atomic E-state index is 0.00993. The molecule has 0 amide bonds. The first-order valence-electron chi connectivity index (χ1n) is 8.45. The van der Waals surface area contributed by atoms with E-state index in [1.165, 1.54) is 4.57 Å². The molecular formula is C18H21N5O2. The number of aryl methyl sites for hydroxylation is 2. The van der Waals surface area contributed by atoms with Crippen LogP contribution in [0.4, 0.5) is 5.69 Å². The molecule has 0 spiro atoms. The van der Waals surface area contributed by atoms with Crippen molar-refractivity contribution in [3.05, 3.63) is 52.4 Å². The molecule has 0 bridgehead atoms. The molecule has 1 saturated heterocycles. The van der Waals surface area contributed by atoms with Crippen LogP contribution in [0.3, 0.4) is 0 Å². The van der Waals surface area contributed by atoms with Crippen LogP contribution in [-0.4, -0.2) is 45.8 Å². The van der Waals surface area contributed by atoms with Gasteiger partial charge >= 0.3 is 0 Å². The average molecular weight is 339 g/mol. The SMILES string of the molecule is Cc1cc(CN2CCN(c3ccc4c(=O)n(C)cnc4c3)CC2)no1. The Morgan fingerprint density at radius 3 is 2.68 bits per heavy atom. The van der Waals surface area contributed by atoms with E-state index in [-0.39, 0.29) is 5.56 Å². The Balaban J connectivity index is 1.46. The lowest BCUT2D eigenvalue weighted by Crippen LogP contribution is -2.46. The second-order valence-corrected chi connectivity index (χ2v) is 6.55. The van der Waals surface area contributed by atoms with E-state index in [0.717, 1.165) is 55.4 Å². The zero-order chi connectivity index (χ0) is 17.4. The smallest absolute Gasteiger partial charge is 0.260 e. The summed E-state index contributed by atoms with van der Waals surface area (Å²) in [4.78, 5) is 21.2. The zero-order valence-corrected chi connectivity index (χ0v) is 14.5. The van der Waals surface area contributed by atoms with Crippen molar-refractivity contribution in [2.24, 2.45) is 7.05 Å². The number of rotatable bonds is 3. The quantitative estimate of drug-likeness (QED) is 0.721. The van der Waals surface area contributed by atoms with E-state index in [1.807, 2.05) is 31.2 Å². The van der Waals surface area contributed by atoms with Gasteiger partial charge in [-0.15, -0.1) is 0 Å². The van der Waals surface area contributed by atoms with Crippen LogP contribution in [0, 0.1) is 6.92 Å². The molecule has 2 aromatic heterocycles. The van der Waals surface area contributed by atoms with Gasteiger partial charge in [0, 0.05) is 51.5 Å². The van der Waals surface area contributed by atoms with Crippen LogP contribution >= 0.6 is 0 Å². The summed E-state index contributed by atoms with van der Waals surface area (Å²) in [5.74, 6) is 0.850. The molecule has 4 rings (SSSR count). The summed E-state index contributed by atoms with van der Waals surface area (Å²) >= 11 is 0. The molecule has 0 N–H and O–H groups in total. The van der Waals surface area contributed by atoms with E-state index in [2.05, 4.69) is 19.9 Å². The lowest BCUT2D eigenvalue weighted by molar-refractivity contribution is 0.242. The number of hydrogen-bond donors (Lipinski definition) is 0. The summed E-state index contributed by atoms with van der Waals surface area (Å²) in [6.07, 6.45) is 1.58. The normalized spacial score (nSPS) is 15.8. The minimum Gasteiger partial charge on any atom is -0.369 e.